The summed E-state index contributed by atoms with van der Waals surface area (Å²) in [5.41, 5.74) is 1.43. The SMILES string of the molecule is CCCC(Br)C(CC)c1cccc(Br)c1. The van der Waals surface area contributed by atoms with Crippen molar-refractivity contribution in [3.05, 3.63) is 34.3 Å². The molecule has 0 aliphatic heterocycles. The van der Waals surface area contributed by atoms with Crippen molar-refractivity contribution in [2.45, 2.75) is 43.9 Å². The fraction of sp³-hybridized carbons (Fsp3) is 0.538. The minimum absolute atomic E-state index is 0.599. The van der Waals surface area contributed by atoms with Gasteiger partial charge in [-0.3, -0.25) is 0 Å². The van der Waals surface area contributed by atoms with Gasteiger partial charge in [-0.1, -0.05) is 64.3 Å². The second kappa shape index (κ2) is 6.70. The van der Waals surface area contributed by atoms with Crippen LogP contribution in [0.1, 0.15) is 44.6 Å². The van der Waals surface area contributed by atoms with Crippen LogP contribution < -0.4 is 0 Å². The Labute approximate surface area is 110 Å². The van der Waals surface area contributed by atoms with Gasteiger partial charge in [-0.2, -0.15) is 0 Å². The van der Waals surface area contributed by atoms with Crippen molar-refractivity contribution in [3.63, 3.8) is 0 Å². The molecule has 84 valence electrons. The van der Waals surface area contributed by atoms with Crippen molar-refractivity contribution in [2.24, 2.45) is 0 Å². The quantitative estimate of drug-likeness (QED) is 0.623. The minimum atomic E-state index is 0.599. The summed E-state index contributed by atoms with van der Waals surface area (Å²) in [6, 6.07) is 8.66. The third kappa shape index (κ3) is 3.92. The Morgan fingerprint density at radius 1 is 1.27 bits per heavy atom. The minimum Gasteiger partial charge on any atom is -0.0884 e. The van der Waals surface area contributed by atoms with E-state index >= 15 is 0 Å². The number of benzene rings is 1. The molecule has 2 heteroatoms. The number of rotatable bonds is 5. The van der Waals surface area contributed by atoms with Gasteiger partial charge in [-0.05, 0) is 36.5 Å². The van der Waals surface area contributed by atoms with E-state index in [9.17, 15) is 0 Å². The van der Waals surface area contributed by atoms with Crippen molar-refractivity contribution >= 4 is 31.9 Å². The van der Waals surface area contributed by atoms with Crippen molar-refractivity contribution in [1.82, 2.24) is 0 Å². The molecule has 15 heavy (non-hydrogen) atoms. The molecule has 1 aromatic rings. The van der Waals surface area contributed by atoms with Gasteiger partial charge in [-0.15, -0.1) is 0 Å². The second-order valence-corrected chi connectivity index (χ2v) is 5.97. The van der Waals surface area contributed by atoms with E-state index in [0.29, 0.717) is 10.7 Å². The first-order valence-corrected chi connectivity index (χ1v) is 7.29. The summed E-state index contributed by atoms with van der Waals surface area (Å²) in [5, 5.41) is 0. The summed E-state index contributed by atoms with van der Waals surface area (Å²) >= 11 is 7.34. The monoisotopic (exact) mass is 332 g/mol. The first-order chi connectivity index (χ1) is 7.19. The lowest BCUT2D eigenvalue weighted by atomic mass is 9.91. The third-order valence-corrected chi connectivity index (χ3v) is 4.31. The van der Waals surface area contributed by atoms with Crippen LogP contribution in [0.3, 0.4) is 0 Å². The lowest BCUT2D eigenvalue weighted by Crippen LogP contribution is -2.11. The Hall–Kier alpha value is 0.180. The van der Waals surface area contributed by atoms with Gasteiger partial charge in [0.15, 0.2) is 0 Å². The van der Waals surface area contributed by atoms with Gasteiger partial charge >= 0.3 is 0 Å². The van der Waals surface area contributed by atoms with Gasteiger partial charge < -0.3 is 0 Å². The lowest BCUT2D eigenvalue weighted by molar-refractivity contribution is 0.593. The summed E-state index contributed by atoms with van der Waals surface area (Å²) in [5.74, 6) is 0.627. The average Bonchev–Trinajstić information content (AvgIpc) is 2.19. The molecule has 1 rings (SSSR count). The van der Waals surface area contributed by atoms with E-state index in [1.807, 2.05) is 0 Å². The highest BCUT2D eigenvalue weighted by Crippen LogP contribution is 2.32. The fourth-order valence-electron chi connectivity index (χ4n) is 1.91. The summed E-state index contributed by atoms with van der Waals surface area (Å²) in [7, 11) is 0. The van der Waals surface area contributed by atoms with Crippen LogP contribution in [0.5, 0.6) is 0 Å². The second-order valence-electron chi connectivity index (χ2n) is 3.87. The maximum atomic E-state index is 3.81. The molecule has 1 aromatic carbocycles. The van der Waals surface area contributed by atoms with Gasteiger partial charge in [0.2, 0.25) is 0 Å². The average molecular weight is 334 g/mol. The van der Waals surface area contributed by atoms with E-state index in [4.69, 9.17) is 0 Å². The van der Waals surface area contributed by atoms with E-state index in [1.54, 1.807) is 0 Å². The van der Waals surface area contributed by atoms with E-state index in [1.165, 1.54) is 29.3 Å². The van der Waals surface area contributed by atoms with Crippen LogP contribution in [-0.2, 0) is 0 Å². The van der Waals surface area contributed by atoms with Crippen LogP contribution in [-0.4, -0.2) is 4.83 Å². The summed E-state index contributed by atoms with van der Waals surface area (Å²) in [4.78, 5) is 0.599. The summed E-state index contributed by atoms with van der Waals surface area (Å²) < 4.78 is 1.18. The fourth-order valence-corrected chi connectivity index (χ4v) is 3.47. The molecule has 0 saturated heterocycles. The first-order valence-electron chi connectivity index (χ1n) is 5.58. The predicted molar refractivity (Wildman–Crippen MR) is 74.8 cm³/mol. The van der Waals surface area contributed by atoms with Crippen LogP contribution in [0.25, 0.3) is 0 Å². The Kier molecular flexibility index (Phi) is 5.91. The Bertz CT molecular complexity index is 296. The van der Waals surface area contributed by atoms with Gasteiger partial charge in [0, 0.05) is 9.30 Å². The molecule has 0 heterocycles. The van der Waals surface area contributed by atoms with E-state index < -0.39 is 0 Å². The molecule has 2 atom stereocenters. The van der Waals surface area contributed by atoms with Crippen LogP contribution in [0.2, 0.25) is 0 Å². The van der Waals surface area contributed by atoms with Gasteiger partial charge in [0.25, 0.3) is 0 Å². The maximum Gasteiger partial charge on any atom is 0.0214 e. The highest BCUT2D eigenvalue weighted by molar-refractivity contribution is 9.10. The highest BCUT2D eigenvalue weighted by atomic mass is 79.9. The van der Waals surface area contributed by atoms with E-state index in [2.05, 4.69) is 70.0 Å². The zero-order valence-electron chi connectivity index (χ0n) is 9.34. The molecule has 0 N–H and O–H groups in total. The van der Waals surface area contributed by atoms with Crippen LogP contribution >= 0.6 is 31.9 Å². The van der Waals surface area contributed by atoms with Crippen molar-refractivity contribution in [3.8, 4) is 0 Å². The molecule has 0 spiro atoms. The molecule has 0 nitrogen and oxygen atoms in total. The van der Waals surface area contributed by atoms with E-state index in [0.717, 1.165) is 0 Å². The molecule has 0 fully saturated rings. The third-order valence-electron chi connectivity index (χ3n) is 2.72. The van der Waals surface area contributed by atoms with Gasteiger partial charge in [0.05, 0.1) is 0 Å². The molecule has 2 unspecified atom stereocenters. The molecule has 0 aliphatic rings. The predicted octanol–water partition coefficient (Wildman–Crippen LogP) is 5.51. The normalized spacial score (nSPS) is 14.9. The van der Waals surface area contributed by atoms with Crippen molar-refractivity contribution in [1.29, 1.82) is 0 Å². The Morgan fingerprint density at radius 3 is 2.53 bits per heavy atom. The maximum absolute atomic E-state index is 3.81. The number of hydrogen-bond donors (Lipinski definition) is 0. The zero-order valence-corrected chi connectivity index (χ0v) is 12.5. The lowest BCUT2D eigenvalue weighted by Gasteiger charge is -2.21. The van der Waals surface area contributed by atoms with Crippen LogP contribution in [0.15, 0.2) is 28.7 Å². The molecular weight excluding hydrogens is 316 g/mol. The molecule has 0 bridgehead atoms. The molecule has 0 aromatic heterocycles. The van der Waals surface area contributed by atoms with E-state index in [-0.39, 0.29) is 0 Å². The van der Waals surface area contributed by atoms with Crippen LogP contribution in [0, 0.1) is 0 Å². The molecule has 0 saturated carbocycles. The van der Waals surface area contributed by atoms with Crippen LogP contribution in [0.4, 0.5) is 0 Å². The highest BCUT2D eigenvalue weighted by Gasteiger charge is 2.18. The molecule has 0 amide bonds. The zero-order chi connectivity index (χ0) is 11.3. The number of alkyl halides is 1. The summed E-state index contributed by atoms with van der Waals surface area (Å²) in [6.07, 6.45) is 3.66. The van der Waals surface area contributed by atoms with Crippen molar-refractivity contribution < 1.29 is 0 Å². The Morgan fingerprint density at radius 2 is 2.00 bits per heavy atom. The Balaban J connectivity index is 2.82. The van der Waals surface area contributed by atoms with Gasteiger partial charge in [-0.25, -0.2) is 0 Å². The molecule has 0 radical (unpaired) electrons. The number of hydrogen-bond acceptors (Lipinski definition) is 0. The standard InChI is InChI=1S/C13H18Br2/c1-3-6-13(15)12(4-2)10-7-5-8-11(14)9-10/h5,7-9,12-13H,3-4,6H2,1-2H3. The number of halogens is 2. The molecular formula is C13H18Br2. The smallest absolute Gasteiger partial charge is 0.0214 e. The van der Waals surface area contributed by atoms with Crippen molar-refractivity contribution in [2.75, 3.05) is 0 Å². The summed E-state index contributed by atoms with van der Waals surface area (Å²) in [6.45, 7) is 4.50. The largest absolute Gasteiger partial charge is 0.0884 e. The topological polar surface area (TPSA) is 0 Å². The molecule has 0 aliphatic carbocycles. The first kappa shape index (κ1) is 13.2. The van der Waals surface area contributed by atoms with Gasteiger partial charge in [0.1, 0.15) is 0 Å².